The second-order valence-corrected chi connectivity index (χ2v) is 5.71. The molecule has 1 heterocycles. The van der Waals surface area contributed by atoms with Crippen molar-refractivity contribution in [3.8, 4) is 0 Å². The van der Waals surface area contributed by atoms with E-state index in [0.29, 0.717) is 5.02 Å². The predicted molar refractivity (Wildman–Crippen MR) is 77.4 cm³/mol. The average Bonchev–Trinajstić information content (AvgIpc) is 2.26. The van der Waals surface area contributed by atoms with E-state index in [9.17, 15) is 4.79 Å². The van der Waals surface area contributed by atoms with Crippen LogP contribution in [0.15, 0.2) is 24.3 Å². The number of hydrogen-bond donors (Lipinski definition) is 0. The molecule has 1 aliphatic heterocycles. The molecule has 0 atom stereocenters. The monoisotopic (exact) mass is 283 g/mol. The lowest BCUT2D eigenvalue weighted by Gasteiger charge is -2.41. The van der Waals surface area contributed by atoms with Crippen LogP contribution in [0.2, 0.25) is 5.02 Å². The van der Waals surface area contributed by atoms with E-state index < -0.39 is 5.54 Å². The Morgan fingerprint density at radius 3 is 2.67 bits per heavy atom. The Bertz CT molecular complexity index is 535. The molecule has 0 radical (unpaired) electrons. The first-order chi connectivity index (χ1) is 8.36. The van der Waals surface area contributed by atoms with Gasteiger partial charge in [0, 0.05) is 10.6 Å². The molecule has 0 saturated heterocycles. The molecular formula is C14H15Cl2NO. The van der Waals surface area contributed by atoms with Gasteiger partial charge in [-0.05, 0) is 38.5 Å². The fourth-order valence-corrected chi connectivity index (χ4v) is 2.81. The molecule has 0 aromatic heterocycles. The van der Waals surface area contributed by atoms with Gasteiger partial charge in [0.05, 0.1) is 11.2 Å². The van der Waals surface area contributed by atoms with Gasteiger partial charge in [0.25, 0.3) is 0 Å². The van der Waals surface area contributed by atoms with Gasteiger partial charge >= 0.3 is 0 Å². The van der Waals surface area contributed by atoms with E-state index in [1.54, 1.807) is 4.90 Å². The molecule has 96 valence electrons. The summed E-state index contributed by atoms with van der Waals surface area (Å²) < 4.78 is 0. The molecule has 0 saturated carbocycles. The third kappa shape index (κ3) is 2.15. The van der Waals surface area contributed by atoms with Gasteiger partial charge in [-0.15, -0.1) is 11.6 Å². The molecule has 0 spiro atoms. The third-order valence-electron chi connectivity index (χ3n) is 3.14. The van der Waals surface area contributed by atoms with Crippen molar-refractivity contribution in [3.63, 3.8) is 0 Å². The predicted octanol–water partition coefficient (Wildman–Crippen LogP) is 4.11. The summed E-state index contributed by atoms with van der Waals surface area (Å²) in [6.07, 6.45) is 2.08. The zero-order valence-electron chi connectivity index (χ0n) is 10.6. The number of carbonyl (C=O) groups excluding carboxylic acids is 1. The second kappa shape index (κ2) is 4.60. The topological polar surface area (TPSA) is 20.3 Å². The fourth-order valence-electron chi connectivity index (χ4n) is 2.52. The Kier molecular flexibility index (Phi) is 3.43. The summed E-state index contributed by atoms with van der Waals surface area (Å²) in [5.74, 6) is -0.156. The van der Waals surface area contributed by atoms with E-state index in [0.717, 1.165) is 16.8 Å². The number of rotatable bonds is 1. The summed E-state index contributed by atoms with van der Waals surface area (Å²) >= 11 is 11.8. The first-order valence-corrected chi connectivity index (χ1v) is 6.66. The van der Waals surface area contributed by atoms with E-state index in [4.69, 9.17) is 23.2 Å². The highest BCUT2D eigenvalue weighted by molar-refractivity contribution is 6.32. The lowest BCUT2D eigenvalue weighted by molar-refractivity contribution is -0.117. The van der Waals surface area contributed by atoms with Gasteiger partial charge in [-0.3, -0.25) is 4.79 Å². The van der Waals surface area contributed by atoms with E-state index in [1.165, 1.54) is 0 Å². The third-order valence-corrected chi connectivity index (χ3v) is 3.60. The van der Waals surface area contributed by atoms with Gasteiger partial charge in [-0.25, -0.2) is 0 Å². The maximum Gasteiger partial charge on any atom is 0.242 e. The number of nitrogens with zero attached hydrogens (tertiary/aromatic N) is 1. The van der Waals surface area contributed by atoms with E-state index >= 15 is 0 Å². The maximum atomic E-state index is 12.1. The van der Waals surface area contributed by atoms with Gasteiger partial charge in [-0.2, -0.15) is 0 Å². The zero-order valence-corrected chi connectivity index (χ0v) is 12.1. The minimum Gasteiger partial charge on any atom is -0.302 e. The van der Waals surface area contributed by atoms with E-state index in [1.807, 2.05) is 39.0 Å². The first kappa shape index (κ1) is 13.4. The number of anilines is 1. The Labute approximate surface area is 117 Å². The second-order valence-electron chi connectivity index (χ2n) is 5.01. The molecule has 0 aliphatic carbocycles. The Morgan fingerprint density at radius 2 is 2.06 bits per heavy atom. The number of allylic oxidation sites excluding steroid dienone is 1. The standard InChI is InChI=1S/C14H15Cl2NO/c1-9-7-14(2,3)17(13(18)8-15)12-6-10(16)4-5-11(9)12/h4-7H,8H2,1-3H3. The summed E-state index contributed by atoms with van der Waals surface area (Å²) in [6, 6.07) is 5.59. The van der Waals surface area contributed by atoms with Crippen molar-refractivity contribution in [2.45, 2.75) is 26.3 Å². The van der Waals surface area contributed by atoms with E-state index in [2.05, 4.69) is 6.08 Å². The van der Waals surface area contributed by atoms with Crippen molar-refractivity contribution in [1.29, 1.82) is 0 Å². The Hall–Kier alpha value is -0.990. The molecule has 2 nitrogen and oxygen atoms in total. The summed E-state index contributed by atoms with van der Waals surface area (Å²) in [5.41, 5.74) is 2.61. The van der Waals surface area contributed by atoms with Crippen LogP contribution in [-0.4, -0.2) is 17.3 Å². The van der Waals surface area contributed by atoms with Gasteiger partial charge in [0.2, 0.25) is 5.91 Å². The SMILES string of the molecule is CC1=CC(C)(C)N(C(=O)CCl)c2cc(Cl)ccc21. The number of benzene rings is 1. The molecule has 2 rings (SSSR count). The summed E-state index contributed by atoms with van der Waals surface area (Å²) in [4.78, 5) is 13.8. The van der Waals surface area contributed by atoms with Crippen molar-refractivity contribution in [2.75, 3.05) is 10.8 Å². The fraction of sp³-hybridized carbons (Fsp3) is 0.357. The van der Waals surface area contributed by atoms with Gasteiger partial charge < -0.3 is 4.90 Å². The van der Waals surface area contributed by atoms with Crippen molar-refractivity contribution in [1.82, 2.24) is 0 Å². The number of fused-ring (bicyclic) bond motifs is 1. The van der Waals surface area contributed by atoms with Crippen molar-refractivity contribution in [3.05, 3.63) is 34.9 Å². The van der Waals surface area contributed by atoms with Gasteiger partial charge in [-0.1, -0.05) is 23.7 Å². The molecule has 0 bridgehead atoms. The van der Waals surface area contributed by atoms with Crippen molar-refractivity contribution >= 4 is 40.4 Å². The Balaban J connectivity index is 2.67. The van der Waals surface area contributed by atoms with Gasteiger partial charge in [0.1, 0.15) is 5.88 Å². The summed E-state index contributed by atoms with van der Waals surface area (Å²) in [6.45, 7) is 6.02. The number of halogens is 2. The van der Waals surface area contributed by atoms with E-state index in [-0.39, 0.29) is 11.8 Å². The number of alkyl halides is 1. The van der Waals surface area contributed by atoms with Crippen LogP contribution in [0.1, 0.15) is 26.3 Å². The minimum absolute atomic E-state index is 0.0394. The minimum atomic E-state index is -0.395. The van der Waals surface area contributed by atoms with Crippen LogP contribution in [0.5, 0.6) is 0 Å². The van der Waals surface area contributed by atoms with Crippen LogP contribution in [-0.2, 0) is 4.79 Å². The first-order valence-electron chi connectivity index (χ1n) is 5.75. The molecule has 0 N–H and O–H groups in total. The molecule has 1 aliphatic rings. The Morgan fingerprint density at radius 1 is 1.39 bits per heavy atom. The molecule has 0 fully saturated rings. The number of hydrogen-bond acceptors (Lipinski definition) is 1. The normalized spacial score (nSPS) is 17.2. The molecule has 1 aromatic carbocycles. The van der Waals surface area contributed by atoms with Crippen LogP contribution in [0, 0.1) is 0 Å². The molecular weight excluding hydrogens is 269 g/mol. The largest absolute Gasteiger partial charge is 0.302 e. The molecule has 1 amide bonds. The molecule has 1 aromatic rings. The van der Waals surface area contributed by atoms with Crippen molar-refractivity contribution < 1.29 is 4.79 Å². The maximum absolute atomic E-state index is 12.1. The summed E-state index contributed by atoms with van der Waals surface area (Å²) in [7, 11) is 0. The van der Waals surface area contributed by atoms with Crippen LogP contribution >= 0.6 is 23.2 Å². The van der Waals surface area contributed by atoms with Crippen LogP contribution in [0.25, 0.3) is 5.57 Å². The number of carbonyl (C=O) groups is 1. The smallest absolute Gasteiger partial charge is 0.242 e. The highest BCUT2D eigenvalue weighted by atomic mass is 35.5. The van der Waals surface area contributed by atoms with Crippen LogP contribution < -0.4 is 4.90 Å². The summed E-state index contributed by atoms with van der Waals surface area (Å²) in [5, 5.41) is 0.617. The zero-order chi connectivity index (χ0) is 13.5. The number of amides is 1. The van der Waals surface area contributed by atoms with Crippen LogP contribution in [0.4, 0.5) is 5.69 Å². The molecule has 0 unspecified atom stereocenters. The highest BCUT2D eigenvalue weighted by Gasteiger charge is 2.35. The van der Waals surface area contributed by atoms with Crippen LogP contribution in [0.3, 0.4) is 0 Å². The lowest BCUT2D eigenvalue weighted by Crippen LogP contribution is -2.49. The van der Waals surface area contributed by atoms with Crippen molar-refractivity contribution in [2.24, 2.45) is 0 Å². The quantitative estimate of drug-likeness (QED) is 0.711. The molecule has 18 heavy (non-hydrogen) atoms. The molecule has 4 heteroatoms. The van der Waals surface area contributed by atoms with Gasteiger partial charge in [0.15, 0.2) is 0 Å². The highest BCUT2D eigenvalue weighted by Crippen LogP contribution is 2.40. The lowest BCUT2D eigenvalue weighted by atomic mass is 9.89. The average molecular weight is 284 g/mol.